The van der Waals surface area contributed by atoms with Crippen molar-refractivity contribution in [1.82, 2.24) is 30.7 Å². The van der Waals surface area contributed by atoms with Gasteiger partial charge in [-0.25, -0.2) is 9.37 Å². The Morgan fingerprint density at radius 3 is 2.74 bits per heavy atom. The van der Waals surface area contributed by atoms with E-state index in [1.54, 1.807) is 18.3 Å². The molecule has 0 radical (unpaired) electrons. The molecule has 0 saturated carbocycles. The van der Waals surface area contributed by atoms with Crippen LogP contribution in [-0.4, -0.2) is 60.8 Å². The lowest BCUT2D eigenvalue weighted by Gasteiger charge is -2.56. The SMILES string of the molecule is CN(c1cnc(-c2ccc(-c3nnc(C#N)s3)cc2O)nn1)[C@H]1C[C@]2(C)CCC[C@@](C)(N2)[C@H]1F. The summed E-state index contributed by atoms with van der Waals surface area (Å²) in [5.41, 5.74) is 0.385. The van der Waals surface area contributed by atoms with Gasteiger partial charge in [-0.3, -0.25) is 0 Å². The zero-order chi connectivity index (χ0) is 24.1. The molecule has 0 spiro atoms. The summed E-state index contributed by atoms with van der Waals surface area (Å²) in [4.78, 5) is 6.23. The van der Waals surface area contributed by atoms with Gasteiger partial charge >= 0.3 is 0 Å². The standard InChI is InChI=1S/C23H25FN8OS/c1-22-7-4-8-23(2,31-22)19(24)15(10-22)32(3)17-12-26-20(29-27-17)14-6-5-13(9-16(14)33)21-30-28-18(11-25)34-21/h5-6,9,12,15,19,31,33H,4,7-8,10H2,1-3H3/t15-,19-,22-,23+/m0/s1. The minimum Gasteiger partial charge on any atom is -0.507 e. The fraction of sp³-hybridized carbons (Fsp3) is 0.478. The Bertz CT molecular complexity index is 1260. The number of halogens is 1. The zero-order valence-corrected chi connectivity index (χ0v) is 20.0. The molecule has 5 rings (SSSR count). The minimum atomic E-state index is -1.05. The number of nitriles is 1. The molecule has 2 N–H and O–H groups in total. The largest absolute Gasteiger partial charge is 0.507 e. The van der Waals surface area contributed by atoms with Gasteiger partial charge in [0, 0.05) is 23.7 Å². The van der Waals surface area contributed by atoms with Crippen molar-refractivity contribution in [2.45, 2.75) is 62.8 Å². The van der Waals surface area contributed by atoms with Crippen LogP contribution in [0.25, 0.3) is 22.0 Å². The number of aromatic nitrogens is 5. The predicted octanol–water partition coefficient (Wildman–Crippen LogP) is 3.47. The topological polar surface area (TPSA) is 124 Å². The molecular weight excluding hydrogens is 455 g/mol. The Morgan fingerprint density at radius 2 is 2.06 bits per heavy atom. The van der Waals surface area contributed by atoms with Crippen LogP contribution in [0.3, 0.4) is 0 Å². The first-order chi connectivity index (χ1) is 16.2. The lowest BCUT2D eigenvalue weighted by molar-refractivity contribution is 0.00193. The highest BCUT2D eigenvalue weighted by molar-refractivity contribution is 7.15. The normalized spacial score (nSPS) is 28.3. The highest BCUT2D eigenvalue weighted by Gasteiger charge is 2.53. The number of anilines is 1. The Balaban J connectivity index is 1.37. The van der Waals surface area contributed by atoms with Crippen LogP contribution in [0.1, 0.15) is 44.5 Å². The molecule has 2 aliphatic rings. The number of benzene rings is 1. The van der Waals surface area contributed by atoms with Crippen LogP contribution in [0.5, 0.6) is 5.75 Å². The first kappa shape index (κ1) is 22.6. The molecule has 1 aromatic carbocycles. The van der Waals surface area contributed by atoms with Crippen molar-refractivity contribution in [1.29, 1.82) is 5.26 Å². The van der Waals surface area contributed by atoms with Crippen LogP contribution in [-0.2, 0) is 0 Å². The van der Waals surface area contributed by atoms with E-state index >= 15 is 4.39 Å². The van der Waals surface area contributed by atoms with E-state index in [-0.39, 0.29) is 28.2 Å². The molecule has 3 aromatic rings. The fourth-order valence-electron chi connectivity index (χ4n) is 5.31. The second-order valence-electron chi connectivity index (χ2n) is 9.64. The molecule has 4 atom stereocenters. The van der Waals surface area contributed by atoms with Crippen molar-refractivity contribution >= 4 is 17.2 Å². The number of fused-ring (bicyclic) bond motifs is 2. The van der Waals surface area contributed by atoms with Gasteiger partial charge in [-0.2, -0.15) is 5.26 Å². The number of hydrogen-bond acceptors (Lipinski definition) is 10. The maximum absolute atomic E-state index is 15.6. The summed E-state index contributed by atoms with van der Waals surface area (Å²) in [5.74, 6) is 0.705. The van der Waals surface area contributed by atoms with E-state index in [1.165, 1.54) is 6.07 Å². The van der Waals surface area contributed by atoms with Crippen LogP contribution in [0.15, 0.2) is 24.4 Å². The molecule has 34 heavy (non-hydrogen) atoms. The van der Waals surface area contributed by atoms with Crippen LogP contribution in [0.4, 0.5) is 10.2 Å². The van der Waals surface area contributed by atoms with Crippen LogP contribution in [0, 0.1) is 11.3 Å². The number of phenols is 1. The Labute approximate surface area is 200 Å². The lowest BCUT2D eigenvalue weighted by atomic mass is 9.68. The van der Waals surface area contributed by atoms with Crippen LogP contribution in [0.2, 0.25) is 0 Å². The molecule has 2 bridgehead atoms. The monoisotopic (exact) mass is 480 g/mol. The molecule has 2 aromatic heterocycles. The second kappa shape index (κ2) is 8.21. The Hall–Kier alpha value is -3.23. The summed E-state index contributed by atoms with van der Waals surface area (Å²) in [6.45, 7) is 4.14. The first-order valence-corrected chi connectivity index (χ1v) is 12.0. The summed E-state index contributed by atoms with van der Waals surface area (Å²) in [6.07, 6.45) is 4.03. The van der Waals surface area contributed by atoms with Crippen molar-refractivity contribution in [3.05, 3.63) is 29.4 Å². The average molecular weight is 481 g/mol. The molecule has 2 fully saturated rings. The molecule has 9 nitrogen and oxygen atoms in total. The number of phenolic OH excluding ortho intramolecular Hbond substituents is 1. The number of hydrogen-bond donors (Lipinski definition) is 2. The maximum atomic E-state index is 15.6. The number of nitrogens with one attached hydrogen (secondary N) is 1. The van der Waals surface area contributed by atoms with Crippen molar-refractivity contribution in [3.8, 4) is 33.8 Å². The van der Waals surface area contributed by atoms with Gasteiger partial charge in [0.2, 0.25) is 5.01 Å². The van der Waals surface area contributed by atoms with E-state index in [0.717, 1.165) is 30.6 Å². The summed E-state index contributed by atoms with van der Waals surface area (Å²) in [5, 5.41) is 40.1. The van der Waals surface area contributed by atoms with Gasteiger partial charge in [0.25, 0.3) is 0 Å². The summed E-state index contributed by atoms with van der Waals surface area (Å²) < 4.78 is 15.6. The predicted molar refractivity (Wildman–Crippen MR) is 126 cm³/mol. The highest BCUT2D eigenvalue weighted by Crippen LogP contribution is 2.43. The first-order valence-electron chi connectivity index (χ1n) is 11.1. The molecule has 0 unspecified atom stereocenters. The molecular formula is C23H25FN8OS. The third-order valence-corrected chi connectivity index (χ3v) is 7.91. The van der Waals surface area contributed by atoms with Crippen LogP contribution < -0.4 is 10.2 Å². The molecule has 0 aliphatic carbocycles. The van der Waals surface area contributed by atoms with Gasteiger partial charge in [0.05, 0.1) is 17.8 Å². The molecule has 176 valence electrons. The second-order valence-corrected chi connectivity index (χ2v) is 10.6. The molecule has 0 amide bonds. The third kappa shape index (κ3) is 3.86. The van der Waals surface area contributed by atoms with Crippen molar-refractivity contribution < 1.29 is 9.50 Å². The van der Waals surface area contributed by atoms with Gasteiger partial charge in [0.15, 0.2) is 11.6 Å². The van der Waals surface area contributed by atoms with Crippen molar-refractivity contribution in [2.24, 2.45) is 0 Å². The number of rotatable bonds is 4. The molecule has 11 heteroatoms. The van der Waals surface area contributed by atoms with Crippen LogP contribution >= 0.6 is 11.3 Å². The van der Waals surface area contributed by atoms with E-state index in [2.05, 4.69) is 37.6 Å². The maximum Gasteiger partial charge on any atom is 0.218 e. The van der Waals surface area contributed by atoms with Gasteiger partial charge in [-0.15, -0.1) is 20.4 Å². The molecule has 4 heterocycles. The van der Waals surface area contributed by atoms with E-state index in [0.29, 0.717) is 28.4 Å². The molecule has 2 saturated heterocycles. The van der Waals surface area contributed by atoms with E-state index in [9.17, 15) is 5.11 Å². The zero-order valence-electron chi connectivity index (χ0n) is 19.2. The minimum absolute atomic E-state index is 0.0371. The fourth-order valence-corrected chi connectivity index (χ4v) is 5.94. The van der Waals surface area contributed by atoms with Crippen molar-refractivity contribution in [3.63, 3.8) is 0 Å². The summed E-state index contributed by atoms with van der Waals surface area (Å²) in [7, 11) is 1.83. The van der Waals surface area contributed by atoms with Gasteiger partial charge in [-0.1, -0.05) is 17.4 Å². The Kier molecular flexibility index (Phi) is 5.45. The van der Waals surface area contributed by atoms with E-state index in [1.807, 2.05) is 24.9 Å². The van der Waals surface area contributed by atoms with Gasteiger partial charge in [0.1, 0.15) is 23.0 Å². The number of aromatic hydroxyl groups is 1. The van der Waals surface area contributed by atoms with Crippen molar-refractivity contribution in [2.75, 3.05) is 11.9 Å². The number of piperidine rings is 2. The molecule has 2 aliphatic heterocycles. The van der Waals surface area contributed by atoms with E-state index < -0.39 is 11.7 Å². The highest BCUT2D eigenvalue weighted by atomic mass is 32.1. The quantitative estimate of drug-likeness (QED) is 0.577. The van der Waals surface area contributed by atoms with Gasteiger partial charge in [-0.05, 0) is 51.7 Å². The number of nitrogens with zero attached hydrogens (tertiary/aromatic N) is 7. The lowest BCUT2D eigenvalue weighted by Crippen LogP contribution is -2.72. The van der Waals surface area contributed by atoms with Gasteiger partial charge < -0.3 is 15.3 Å². The summed E-state index contributed by atoms with van der Waals surface area (Å²) >= 11 is 1.14. The van der Waals surface area contributed by atoms with E-state index in [4.69, 9.17) is 5.26 Å². The smallest absolute Gasteiger partial charge is 0.218 e. The Morgan fingerprint density at radius 1 is 1.24 bits per heavy atom. The number of alkyl halides is 1. The average Bonchev–Trinajstić information content (AvgIpc) is 3.30. The third-order valence-electron chi connectivity index (χ3n) is 7.03. The summed E-state index contributed by atoms with van der Waals surface area (Å²) in [6, 6.07) is 6.57.